The number of nitrogens with two attached hydrogens (primary N) is 1. The highest BCUT2D eigenvalue weighted by atomic mass is 32.2. The number of ether oxygens (including phenoxy) is 1. The zero-order chi connectivity index (χ0) is 17.9. The second-order valence-corrected chi connectivity index (χ2v) is 7.23. The molecule has 3 rings (SSSR count). The van der Waals surface area contributed by atoms with Crippen molar-refractivity contribution in [3.05, 3.63) is 83.6 Å². The van der Waals surface area contributed by atoms with Crippen molar-refractivity contribution in [3.63, 3.8) is 0 Å². The first-order chi connectivity index (χ1) is 11.9. The van der Waals surface area contributed by atoms with Gasteiger partial charge in [0.25, 0.3) is 0 Å². The molecule has 0 spiro atoms. The van der Waals surface area contributed by atoms with Gasteiger partial charge in [-0.2, -0.15) is 0 Å². The Balaban J connectivity index is 1.73. The fourth-order valence-electron chi connectivity index (χ4n) is 2.54. The lowest BCUT2D eigenvalue weighted by molar-refractivity contribution is 0.104. The van der Waals surface area contributed by atoms with Crippen LogP contribution in [0.3, 0.4) is 0 Å². The molecule has 1 aliphatic rings. The van der Waals surface area contributed by atoms with E-state index in [4.69, 9.17) is 9.88 Å². The topological polar surface area (TPSA) is 86.5 Å². The quantitative estimate of drug-likeness (QED) is 0.659. The van der Waals surface area contributed by atoms with Crippen molar-refractivity contribution in [2.24, 2.45) is 5.14 Å². The first kappa shape index (κ1) is 17.1. The van der Waals surface area contributed by atoms with Crippen LogP contribution in [0.15, 0.2) is 71.8 Å². The number of benzene rings is 2. The third-order valence-corrected chi connectivity index (χ3v) is 4.80. The fourth-order valence-corrected chi connectivity index (χ4v) is 3.06. The largest absolute Gasteiger partial charge is 0.493 e. The van der Waals surface area contributed by atoms with Crippen molar-refractivity contribution in [3.8, 4) is 0 Å². The molecule has 1 aliphatic heterocycles. The molecular formula is C19H17NO4S. The van der Waals surface area contributed by atoms with Crippen LogP contribution in [0.5, 0.6) is 0 Å². The molecule has 1 heterocycles. The lowest BCUT2D eigenvalue weighted by Gasteiger charge is -2.10. The van der Waals surface area contributed by atoms with Crippen LogP contribution in [-0.2, 0) is 14.8 Å². The number of rotatable bonds is 5. The molecule has 0 saturated carbocycles. The van der Waals surface area contributed by atoms with Crippen LogP contribution in [0, 0.1) is 0 Å². The Morgan fingerprint density at radius 3 is 2.56 bits per heavy atom. The van der Waals surface area contributed by atoms with Gasteiger partial charge in [-0.1, -0.05) is 24.3 Å². The third kappa shape index (κ3) is 4.23. The standard InChI is InChI=1S/C19H17NO4S/c20-25(22,23)17-9-7-15(8-10-17)18(21)11-6-14-3-1-4-16(13-14)19-5-2-12-24-19/h1-4,6-13,19H,5H2,(H2,20,22,23). The summed E-state index contributed by atoms with van der Waals surface area (Å²) in [4.78, 5) is 12.2. The summed E-state index contributed by atoms with van der Waals surface area (Å²) in [6.45, 7) is 0. The van der Waals surface area contributed by atoms with Crippen LogP contribution in [0.2, 0.25) is 0 Å². The van der Waals surface area contributed by atoms with Crippen LogP contribution < -0.4 is 5.14 Å². The summed E-state index contributed by atoms with van der Waals surface area (Å²) in [5.74, 6) is -0.217. The molecule has 25 heavy (non-hydrogen) atoms. The smallest absolute Gasteiger partial charge is 0.238 e. The fraction of sp³-hybridized carbons (Fsp3) is 0.105. The molecule has 1 atom stereocenters. The monoisotopic (exact) mass is 355 g/mol. The summed E-state index contributed by atoms with van der Waals surface area (Å²) >= 11 is 0. The van der Waals surface area contributed by atoms with Gasteiger partial charge in [0.2, 0.25) is 10.0 Å². The first-order valence-electron chi connectivity index (χ1n) is 7.69. The molecular weight excluding hydrogens is 338 g/mol. The lowest BCUT2D eigenvalue weighted by atomic mass is 10.0. The number of ketones is 1. The van der Waals surface area contributed by atoms with Gasteiger partial charge in [-0.25, -0.2) is 13.6 Å². The Morgan fingerprint density at radius 2 is 1.92 bits per heavy atom. The van der Waals surface area contributed by atoms with E-state index in [-0.39, 0.29) is 16.8 Å². The van der Waals surface area contributed by atoms with E-state index in [1.807, 2.05) is 30.3 Å². The number of carbonyl (C=O) groups is 1. The van der Waals surface area contributed by atoms with Gasteiger partial charge in [-0.3, -0.25) is 4.79 Å². The number of hydrogen-bond donors (Lipinski definition) is 1. The van der Waals surface area contributed by atoms with Gasteiger partial charge >= 0.3 is 0 Å². The van der Waals surface area contributed by atoms with Gasteiger partial charge in [0.1, 0.15) is 6.10 Å². The molecule has 0 saturated heterocycles. The van der Waals surface area contributed by atoms with Crippen LogP contribution in [0.1, 0.15) is 34.0 Å². The molecule has 2 N–H and O–H groups in total. The predicted octanol–water partition coefficient (Wildman–Crippen LogP) is 3.21. The second kappa shape index (κ2) is 7.04. The van der Waals surface area contributed by atoms with Gasteiger partial charge in [-0.15, -0.1) is 0 Å². The number of primary sulfonamides is 1. The van der Waals surface area contributed by atoms with Crippen molar-refractivity contribution < 1.29 is 17.9 Å². The third-order valence-electron chi connectivity index (χ3n) is 3.87. The van der Waals surface area contributed by atoms with E-state index in [1.165, 1.54) is 30.3 Å². The summed E-state index contributed by atoms with van der Waals surface area (Å²) in [5, 5.41) is 5.04. The minimum atomic E-state index is -3.76. The second-order valence-electron chi connectivity index (χ2n) is 5.67. The SMILES string of the molecule is NS(=O)(=O)c1ccc(C(=O)C=Cc2cccc(C3CC=CO3)c2)cc1. The number of hydrogen-bond acceptors (Lipinski definition) is 4. The van der Waals surface area contributed by atoms with Gasteiger partial charge in [0.15, 0.2) is 5.78 Å². The highest BCUT2D eigenvalue weighted by Gasteiger charge is 2.14. The highest BCUT2D eigenvalue weighted by Crippen LogP contribution is 2.27. The van der Waals surface area contributed by atoms with E-state index in [9.17, 15) is 13.2 Å². The molecule has 0 aromatic heterocycles. The van der Waals surface area contributed by atoms with Crippen LogP contribution in [0.4, 0.5) is 0 Å². The minimum Gasteiger partial charge on any atom is -0.493 e. The Kier molecular flexibility index (Phi) is 4.83. The average molecular weight is 355 g/mol. The zero-order valence-corrected chi connectivity index (χ0v) is 14.1. The Bertz CT molecular complexity index is 936. The molecule has 5 nitrogen and oxygen atoms in total. The number of allylic oxidation sites excluding steroid dienone is 1. The van der Waals surface area contributed by atoms with E-state index in [1.54, 1.807) is 12.3 Å². The molecule has 1 unspecified atom stereocenters. The average Bonchev–Trinajstić information content (AvgIpc) is 3.14. The predicted molar refractivity (Wildman–Crippen MR) is 95.2 cm³/mol. The summed E-state index contributed by atoms with van der Waals surface area (Å²) in [7, 11) is -3.76. The molecule has 6 heteroatoms. The van der Waals surface area contributed by atoms with Gasteiger partial charge in [0.05, 0.1) is 11.2 Å². The summed E-state index contributed by atoms with van der Waals surface area (Å²) < 4.78 is 28.0. The Labute approximate surface area is 146 Å². The van der Waals surface area contributed by atoms with Gasteiger partial charge < -0.3 is 4.74 Å². The van der Waals surface area contributed by atoms with Crippen LogP contribution in [-0.4, -0.2) is 14.2 Å². The number of carbonyl (C=O) groups excluding carboxylic acids is 1. The van der Waals surface area contributed by atoms with Crippen molar-refractivity contribution >= 4 is 21.9 Å². The maximum Gasteiger partial charge on any atom is 0.238 e. The molecule has 128 valence electrons. The van der Waals surface area contributed by atoms with Crippen molar-refractivity contribution in [1.82, 2.24) is 0 Å². The first-order valence-corrected chi connectivity index (χ1v) is 9.24. The van der Waals surface area contributed by atoms with Gasteiger partial charge in [0, 0.05) is 12.0 Å². The van der Waals surface area contributed by atoms with E-state index >= 15 is 0 Å². The molecule has 0 fully saturated rings. The van der Waals surface area contributed by atoms with E-state index in [0.717, 1.165) is 17.5 Å². The summed E-state index contributed by atoms with van der Waals surface area (Å²) in [6, 6.07) is 13.3. The maximum atomic E-state index is 12.2. The maximum absolute atomic E-state index is 12.2. The molecule has 2 aromatic carbocycles. The molecule has 0 radical (unpaired) electrons. The molecule has 2 aromatic rings. The van der Waals surface area contributed by atoms with Crippen molar-refractivity contribution in [1.29, 1.82) is 0 Å². The van der Waals surface area contributed by atoms with E-state index in [2.05, 4.69) is 0 Å². The van der Waals surface area contributed by atoms with E-state index < -0.39 is 10.0 Å². The number of sulfonamides is 1. The lowest BCUT2D eigenvalue weighted by Crippen LogP contribution is -2.12. The van der Waals surface area contributed by atoms with Crippen LogP contribution in [0.25, 0.3) is 6.08 Å². The molecule has 0 aliphatic carbocycles. The Hall–Kier alpha value is -2.70. The van der Waals surface area contributed by atoms with Crippen molar-refractivity contribution in [2.45, 2.75) is 17.4 Å². The summed E-state index contributed by atoms with van der Waals surface area (Å²) in [6.07, 6.45) is 7.71. The Morgan fingerprint density at radius 1 is 1.16 bits per heavy atom. The van der Waals surface area contributed by atoms with E-state index in [0.29, 0.717) is 5.56 Å². The minimum absolute atomic E-state index is 0.0223. The van der Waals surface area contributed by atoms with Crippen molar-refractivity contribution in [2.75, 3.05) is 0 Å². The summed E-state index contributed by atoms with van der Waals surface area (Å²) in [5.41, 5.74) is 2.34. The van der Waals surface area contributed by atoms with Gasteiger partial charge in [-0.05, 0) is 53.6 Å². The normalized spacial score (nSPS) is 16.9. The highest BCUT2D eigenvalue weighted by molar-refractivity contribution is 7.89. The van der Waals surface area contributed by atoms with Crippen LogP contribution >= 0.6 is 0 Å². The molecule has 0 bridgehead atoms. The zero-order valence-electron chi connectivity index (χ0n) is 13.3. The molecule has 0 amide bonds.